The zero-order valence-electron chi connectivity index (χ0n) is 17.8. The van der Waals surface area contributed by atoms with E-state index in [0.717, 1.165) is 0 Å². The number of rotatable bonds is 1. The molecule has 0 atom stereocenters. The molecule has 0 saturated carbocycles. The Labute approximate surface area is 186 Å². The van der Waals surface area contributed by atoms with Crippen molar-refractivity contribution in [3.8, 4) is 0 Å². The molecule has 1 aliphatic heterocycles. The minimum absolute atomic E-state index is 0.100. The maximum absolute atomic E-state index is 14.5. The average molecular weight is 443 g/mol. The van der Waals surface area contributed by atoms with E-state index in [1.165, 1.54) is 18.2 Å². The number of hydrogen-bond donors (Lipinski definition) is 0. The van der Waals surface area contributed by atoms with Crippen LogP contribution in [0, 0.1) is 5.82 Å². The summed E-state index contributed by atoms with van der Waals surface area (Å²) in [5.74, 6) is -1.52. The van der Waals surface area contributed by atoms with Gasteiger partial charge in [0.05, 0.1) is 64.0 Å². The van der Waals surface area contributed by atoms with Crippen molar-refractivity contribution in [3.63, 3.8) is 0 Å². The summed E-state index contributed by atoms with van der Waals surface area (Å²) in [4.78, 5) is 28.3. The molecule has 0 N–H and O–H groups in total. The van der Waals surface area contributed by atoms with Crippen molar-refractivity contribution in [2.75, 3.05) is 70.8 Å². The number of ketones is 2. The van der Waals surface area contributed by atoms with Crippen LogP contribution >= 0.6 is 0 Å². The molecule has 0 amide bonds. The second-order valence-corrected chi connectivity index (χ2v) is 7.46. The van der Waals surface area contributed by atoms with Gasteiger partial charge in [-0.15, -0.1) is 0 Å². The van der Waals surface area contributed by atoms with Gasteiger partial charge in [-0.2, -0.15) is 0 Å². The Morgan fingerprint density at radius 2 is 1.12 bits per heavy atom. The Hall–Kier alpha value is -2.65. The van der Waals surface area contributed by atoms with Gasteiger partial charge >= 0.3 is 0 Å². The van der Waals surface area contributed by atoms with Crippen LogP contribution in [0.1, 0.15) is 31.8 Å². The van der Waals surface area contributed by atoms with Crippen LogP contribution < -0.4 is 4.90 Å². The Morgan fingerprint density at radius 3 is 1.72 bits per heavy atom. The fraction of sp³-hybridized carbons (Fsp3) is 0.417. The van der Waals surface area contributed by atoms with Gasteiger partial charge in [0.1, 0.15) is 5.82 Å². The van der Waals surface area contributed by atoms with Crippen molar-refractivity contribution >= 4 is 17.3 Å². The van der Waals surface area contributed by atoms with Crippen LogP contribution in [-0.4, -0.2) is 77.5 Å². The van der Waals surface area contributed by atoms with Crippen molar-refractivity contribution in [1.29, 1.82) is 0 Å². The summed E-state index contributed by atoms with van der Waals surface area (Å²) >= 11 is 0. The van der Waals surface area contributed by atoms with E-state index in [9.17, 15) is 14.0 Å². The first-order valence-corrected chi connectivity index (χ1v) is 10.8. The number of anilines is 1. The van der Waals surface area contributed by atoms with Crippen LogP contribution in [0.2, 0.25) is 0 Å². The number of fused-ring (bicyclic) bond motifs is 2. The Balaban J connectivity index is 1.62. The topological polar surface area (TPSA) is 74.3 Å². The summed E-state index contributed by atoms with van der Waals surface area (Å²) in [6.45, 7) is 4.55. The largest absolute Gasteiger partial charge is 0.377 e. The molecule has 1 aliphatic carbocycles. The lowest BCUT2D eigenvalue weighted by atomic mass is 9.82. The van der Waals surface area contributed by atoms with Gasteiger partial charge in [0.15, 0.2) is 11.6 Å². The fourth-order valence-corrected chi connectivity index (χ4v) is 3.91. The molecule has 0 aromatic heterocycles. The van der Waals surface area contributed by atoms with Crippen molar-refractivity contribution in [2.24, 2.45) is 0 Å². The van der Waals surface area contributed by atoms with E-state index in [1.54, 1.807) is 18.2 Å². The lowest BCUT2D eigenvalue weighted by Gasteiger charge is -2.29. The third kappa shape index (κ3) is 4.88. The summed E-state index contributed by atoms with van der Waals surface area (Å²) in [7, 11) is 0. The second kappa shape index (κ2) is 10.8. The number of halogens is 1. The summed E-state index contributed by atoms with van der Waals surface area (Å²) in [6.07, 6.45) is 0. The molecule has 2 aromatic carbocycles. The highest BCUT2D eigenvalue weighted by molar-refractivity contribution is 6.30. The molecule has 1 fully saturated rings. The minimum Gasteiger partial charge on any atom is -0.377 e. The number of ether oxygens (including phenoxy) is 4. The molecule has 0 radical (unpaired) electrons. The van der Waals surface area contributed by atoms with Gasteiger partial charge in [-0.3, -0.25) is 9.59 Å². The maximum atomic E-state index is 14.5. The van der Waals surface area contributed by atoms with E-state index in [4.69, 9.17) is 18.9 Å². The van der Waals surface area contributed by atoms with E-state index >= 15 is 0 Å². The molecular formula is C24H26FNO6. The lowest BCUT2D eigenvalue weighted by molar-refractivity contribution is 0.00206. The quantitative estimate of drug-likeness (QED) is 0.572. The number of benzene rings is 2. The molecule has 2 aromatic rings. The minimum atomic E-state index is -0.690. The molecule has 2 aliphatic rings. The normalized spacial score (nSPS) is 19.0. The monoisotopic (exact) mass is 443 g/mol. The van der Waals surface area contributed by atoms with Crippen LogP contribution in [0.5, 0.6) is 0 Å². The van der Waals surface area contributed by atoms with Crippen molar-refractivity contribution in [1.82, 2.24) is 0 Å². The molecule has 32 heavy (non-hydrogen) atoms. The van der Waals surface area contributed by atoms with E-state index < -0.39 is 11.6 Å². The number of carbonyl (C=O) groups excluding carboxylic acids is 2. The summed E-state index contributed by atoms with van der Waals surface area (Å²) in [5, 5.41) is 0. The molecular weight excluding hydrogens is 417 g/mol. The molecule has 8 heteroatoms. The number of carbonyl (C=O) groups is 2. The van der Waals surface area contributed by atoms with Gasteiger partial charge in [0, 0.05) is 29.9 Å². The molecule has 170 valence electrons. The molecule has 1 heterocycles. The van der Waals surface area contributed by atoms with E-state index in [-0.39, 0.29) is 28.0 Å². The van der Waals surface area contributed by atoms with Crippen LogP contribution in [0.15, 0.2) is 36.4 Å². The predicted octanol–water partition coefficient (Wildman–Crippen LogP) is 2.49. The van der Waals surface area contributed by atoms with E-state index in [1.807, 2.05) is 4.90 Å². The van der Waals surface area contributed by atoms with Gasteiger partial charge in [0.2, 0.25) is 0 Å². The van der Waals surface area contributed by atoms with Crippen LogP contribution in [0.3, 0.4) is 0 Å². The van der Waals surface area contributed by atoms with E-state index in [0.29, 0.717) is 71.6 Å². The van der Waals surface area contributed by atoms with Gasteiger partial charge in [-0.25, -0.2) is 4.39 Å². The molecule has 0 bridgehead atoms. The SMILES string of the molecule is O=C1c2cccc(F)c2C(=O)c2c1cccc2N1CCOCCOCCOCCOCC1. The van der Waals surface area contributed by atoms with Gasteiger partial charge in [-0.1, -0.05) is 24.3 Å². The fourth-order valence-electron chi connectivity index (χ4n) is 3.91. The number of nitrogens with zero attached hydrogens (tertiary/aromatic N) is 1. The number of hydrogen-bond acceptors (Lipinski definition) is 7. The Bertz CT molecular complexity index is 963. The summed E-state index contributed by atoms with van der Waals surface area (Å²) < 4.78 is 36.7. The molecule has 1 saturated heterocycles. The third-order valence-electron chi connectivity index (χ3n) is 5.47. The summed E-state index contributed by atoms with van der Waals surface area (Å²) in [6, 6.07) is 9.26. The zero-order chi connectivity index (χ0) is 22.3. The van der Waals surface area contributed by atoms with Gasteiger partial charge in [-0.05, 0) is 12.1 Å². The first-order chi connectivity index (χ1) is 15.7. The van der Waals surface area contributed by atoms with Crippen molar-refractivity contribution in [3.05, 3.63) is 64.5 Å². The third-order valence-corrected chi connectivity index (χ3v) is 5.47. The molecule has 7 nitrogen and oxygen atoms in total. The highest BCUT2D eigenvalue weighted by Crippen LogP contribution is 2.34. The highest BCUT2D eigenvalue weighted by atomic mass is 19.1. The van der Waals surface area contributed by atoms with Crippen molar-refractivity contribution in [2.45, 2.75) is 0 Å². The van der Waals surface area contributed by atoms with Crippen molar-refractivity contribution < 1.29 is 32.9 Å². The first-order valence-electron chi connectivity index (χ1n) is 10.8. The van der Waals surface area contributed by atoms with E-state index in [2.05, 4.69) is 0 Å². The second-order valence-electron chi connectivity index (χ2n) is 7.46. The summed E-state index contributed by atoms with van der Waals surface area (Å²) in [5.41, 5.74) is 1.00. The standard InChI is InChI=1S/C24H26FNO6/c25-19-5-1-3-17-21(19)24(28)22-18(23(17)27)4-2-6-20(22)26-7-9-29-11-13-31-15-16-32-14-12-30-10-8-26/h1-6H,7-16H2. The predicted molar refractivity (Wildman–Crippen MR) is 115 cm³/mol. The average Bonchev–Trinajstić information content (AvgIpc) is 2.81. The van der Waals surface area contributed by atoms with Gasteiger partial charge < -0.3 is 23.8 Å². The lowest BCUT2D eigenvalue weighted by Crippen LogP contribution is -2.34. The smallest absolute Gasteiger partial charge is 0.199 e. The Kier molecular flexibility index (Phi) is 7.59. The Morgan fingerprint density at radius 1 is 0.625 bits per heavy atom. The van der Waals surface area contributed by atoms with Gasteiger partial charge in [0.25, 0.3) is 0 Å². The first kappa shape index (κ1) is 22.5. The zero-order valence-corrected chi connectivity index (χ0v) is 17.8. The van der Waals surface area contributed by atoms with Crippen LogP contribution in [-0.2, 0) is 18.9 Å². The molecule has 4 rings (SSSR count). The van der Waals surface area contributed by atoms with Crippen LogP contribution in [0.4, 0.5) is 10.1 Å². The van der Waals surface area contributed by atoms with Crippen LogP contribution in [0.25, 0.3) is 0 Å². The maximum Gasteiger partial charge on any atom is 0.199 e. The highest BCUT2D eigenvalue weighted by Gasteiger charge is 2.34. The molecule has 0 spiro atoms. The molecule has 0 unspecified atom stereocenters.